The minimum atomic E-state index is -4.77. The lowest BCUT2D eigenvalue weighted by Crippen LogP contribution is -2.41. The number of carboxylic acids is 1. The van der Waals surface area contributed by atoms with Gasteiger partial charge in [-0.05, 0) is 66.0 Å². The molecule has 4 aromatic rings. The molecule has 9 nitrogen and oxygen atoms in total. The molecule has 0 aliphatic carbocycles. The summed E-state index contributed by atoms with van der Waals surface area (Å²) in [4.78, 5) is 31.3. The van der Waals surface area contributed by atoms with Crippen molar-refractivity contribution in [1.82, 2.24) is 15.3 Å². The van der Waals surface area contributed by atoms with Gasteiger partial charge in [0.1, 0.15) is 6.04 Å². The zero-order valence-electron chi connectivity index (χ0n) is 22.7. The van der Waals surface area contributed by atoms with Crippen LogP contribution in [0.3, 0.4) is 0 Å². The van der Waals surface area contributed by atoms with Crippen LogP contribution in [0.1, 0.15) is 28.0 Å². The number of H-pyrrole nitrogens is 1. The highest BCUT2D eigenvalue weighted by atomic mass is 32.2. The number of benzene rings is 3. The number of carboxylic acid groups (broad SMARTS) is 1. The van der Waals surface area contributed by atoms with Crippen molar-refractivity contribution in [3.05, 3.63) is 102 Å². The Balaban J connectivity index is 1.84. The summed E-state index contributed by atoms with van der Waals surface area (Å²) >= 11 is 1.43. The first-order valence-corrected chi connectivity index (χ1v) is 15.6. The number of nitrogens with zero attached hydrogens (tertiary/aromatic N) is 2. The number of halogens is 3. The summed E-state index contributed by atoms with van der Waals surface area (Å²) < 4.78 is 69.1. The van der Waals surface area contributed by atoms with Crippen LogP contribution in [0.5, 0.6) is 0 Å². The van der Waals surface area contributed by atoms with Gasteiger partial charge in [-0.3, -0.25) is 9.10 Å². The van der Waals surface area contributed by atoms with Gasteiger partial charge in [0.2, 0.25) is 0 Å². The van der Waals surface area contributed by atoms with Crippen LogP contribution in [0.15, 0.2) is 90.2 Å². The number of carbonyl (C=O) groups is 2. The summed E-state index contributed by atoms with van der Waals surface area (Å²) in [5.41, 5.74) is 0.197. The van der Waals surface area contributed by atoms with Crippen LogP contribution in [0, 0.1) is 0 Å². The van der Waals surface area contributed by atoms with Crippen molar-refractivity contribution < 1.29 is 36.3 Å². The maximum atomic E-state index is 13.9. The quantitative estimate of drug-likeness (QED) is 0.190. The average molecular weight is 633 g/mol. The largest absolute Gasteiger partial charge is 0.480 e. The normalized spacial score (nSPS) is 12.5. The molecule has 0 fully saturated rings. The molecule has 43 heavy (non-hydrogen) atoms. The van der Waals surface area contributed by atoms with Gasteiger partial charge in [0.15, 0.2) is 0 Å². The van der Waals surface area contributed by atoms with Crippen LogP contribution in [0.2, 0.25) is 0 Å². The number of aliphatic carboxylic acids is 1. The van der Waals surface area contributed by atoms with Crippen LogP contribution in [0.4, 0.5) is 18.9 Å². The molecule has 3 aromatic carbocycles. The van der Waals surface area contributed by atoms with Crippen molar-refractivity contribution in [3.63, 3.8) is 0 Å². The predicted molar refractivity (Wildman–Crippen MR) is 157 cm³/mol. The van der Waals surface area contributed by atoms with E-state index in [0.29, 0.717) is 28.6 Å². The molecular formula is C29H27F3N4O5S2. The van der Waals surface area contributed by atoms with Crippen molar-refractivity contribution in [3.8, 4) is 11.1 Å². The second kappa shape index (κ2) is 13.3. The lowest BCUT2D eigenvalue weighted by molar-refractivity contribution is -0.139. The van der Waals surface area contributed by atoms with Gasteiger partial charge in [-0.2, -0.15) is 24.9 Å². The molecule has 0 bridgehead atoms. The minimum Gasteiger partial charge on any atom is -0.480 e. The van der Waals surface area contributed by atoms with Crippen LogP contribution < -0.4 is 9.62 Å². The predicted octanol–water partition coefficient (Wildman–Crippen LogP) is 5.43. The molecule has 4 rings (SSSR count). The number of sulfonamides is 1. The molecule has 0 aliphatic heterocycles. The number of hydrogen-bond acceptors (Lipinski definition) is 6. The summed E-state index contributed by atoms with van der Waals surface area (Å²) in [5.74, 6) is -1.38. The molecule has 0 saturated heterocycles. The number of aromatic amines is 1. The second-order valence-corrected chi connectivity index (χ2v) is 12.2. The number of hydrogen-bond donors (Lipinski definition) is 3. The highest BCUT2D eigenvalue weighted by Gasteiger charge is 2.34. The molecule has 1 amide bonds. The Morgan fingerprint density at radius 1 is 1.07 bits per heavy atom. The fourth-order valence-corrected chi connectivity index (χ4v) is 6.22. The van der Waals surface area contributed by atoms with Gasteiger partial charge in [0.05, 0.1) is 34.7 Å². The minimum absolute atomic E-state index is 0.0552. The van der Waals surface area contributed by atoms with E-state index in [4.69, 9.17) is 0 Å². The molecule has 0 aliphatic rings. The van der Waals surface area contributed by atoms with Gasteiger partial charge in [0.25, 0.3) is 15.9 Å². The van der Waals surface area contributed by atoms with Gasteiger partial charge in [0, 0.05) is 11.8 Å². The van der Waals surface area contributed by atoms with Crippen LogP contribution in [-0.2, 0) is 27.5 Å². The number of thioether (sulfide) groups is 1. The highest BCUT2D eigenvalue weighted by Crippen LogP contribution is 2.35. The number of nitrogens with one attached hydrogen (secondary N) is 2. The molecule has 226 valence electrons. The number of imidazole rings is 1. The number of rotatable bonds is 12. The van der Waals surface area contributed by atoms with E-state index in [0.717, 1.165) is 22.5 Å². The molecule has 1 atom stereocenters. The zero-order chi connectivity index (χ0) is 31.2. The topological polar surface area (TPSA) is 132 Å². The van der Waals surface area contributed by atoms with Crippen molar-refractivity contribution >= 4 is 39.3 Å². The van der Waals surface area contributed by atoms with Crippen molar-refractivity contribution in [2.24, 2.45) is 0 Å². The van der Waals surface area contributed by atoms with Crippen LogP contribution in [-0.4, -0.2) is 53.4 Å². The van der Waals surface area contributed by atoms with E-state index in [9.17, 15) is 36.3 Å². The Labute approximate surface area is 250 Å². The summed E-state index contributed by atoms with van der Waals surface area (Å²) in [7, 11) is -4.58. The smallest absolute Gasteiger partial charge is 0.416 e. The Morgan fingerprint density at radius 3 is 2.44 bits per heavy atom. The highest BCUT2D eigenvalue weighted by molar-refractivity contribution is 7.98. The summed E-state index contributed by atoms with van der Waals surface area (Å²) in [6.45, 7) is -0.311. The molecule has 0 spiro atoms. The van der Waals surface area contributed by atoms with Crippen LogP contribution in [0.25, 0.3) is 11.1 Å². The van der Waals surface area contributed by atoms with E-state index < -0.39 is 44.6 Å². The molecule has 1 heterocycles. The first kappa shape index (κ1) is 31.6. The molecular weight excluding hydrogens is 605 g/mol. The monoisotopic (exact) mass is 632 g/mol. The summed E-state index contributed by atoms with van der Waals surface area (Å²) in [6.07, 6.45) is -0.0409. The Bertz CT molecular complexity index is 1680. The third kappa shape index (κ3) is 7.56. The average Bonchev–Trinajstić information content (AvgIpc) is 3.51. The van der Waals surface area contributed by atoms with E-state index in [1.807, 2.05) is 6.26 Å². The summed E-state index contributed by atoms with van der Waals surface area (Å²) in [6, 6.07) is 15.0. The van der Waals surface area contributed by atoms with Crippen molar-refractivity contribution in [2.75, 3.05) is 16.3 Å². The van der Waals surface area contributed by atoms with Gasteiger partial charge in [-0.25, -0.2) is 18.2 Å². The lowest BCUT2D eigenvalue weighted by Gasteiger charge is -2.26. The third-order valence-corrected chi connectivity index (χ3v) is 8.87. The first-order chi connectivity index (χ1) is 20.4. The van der Waals surface area contributed by atoms with Gasteiger partial charge in [-0.15, -0.1) is 0 Å². The number of alkyl halides is 3. The lowest BCUT2D eigenvalue weighted by atomic mass is 9.98. The second-order valence-electron chi connectivity index (χ2n) is 9.36. The molecule has 0 saturated carbocycles. The maximum absolute atomic E-state index is 13.9. The Morgan fingerprint density at radius 2 is 1.81 bits per heavy atom. The van der Waals surface area contributed by atoms with Gasteiger partial charge in [-0.1, -0.05) is 36.4 Å². The van der Waals surface area contributed by atoms with E-state index >= 15 is 0 Å². The number of anilines is 1. The third-order valence-electron chi connectivity index (χ3n) is 6.45. The molecule has 1 aromatic heterocycles. The van der Waals surface area contributed by atoms with Gasteiger partial charge < -0.3 is 15.4 Å². The fraction of sp³-hybridized carbons (Fsp3) is 0.207. The number of amides is 1. The Hall–Kier alpha value is -4.30. The van der Waals surface area contributed by atoms with Crippen molar-refractivity contribution in [2.45, 2.75) is 30.1 Å². The molecule has 14 heteroatoms. The maximum Gasteiger partial charge on any atom is 0.416 e. The summed E-state index contributed by atoms with van der Waals surface area (Å²) in [5, 5.41) is 12.1. The number of carbonyl (C=O) groups excluding carboxylic acids is 1. The SMILES string of the molecule is CSCC[C@H](NC(=O)c1ccc(N(Cc2cnc[nH]2)S(=O)(=O)c2cccc(C(F)(F)F)c2)cc1-c1ccccc1)C(=O)O. The van der Waals surface area contributed by atoms with E-state index in [-0.39, 0.29) is 24.2 Å². The zero-order valence-corrected chi connectivity index (χ0v) is 24.3. The molecule has 0 unspecified atom stereocenters. The van der Waals surface area contributed by atoms with Gasteiger partial charge >= 0.3 is 12.1 Å². The number of aromatic nitrogens is 2. The van der Waals surface area contributed by atoms with E-state index in [1.54, 1.807) is 30.3 Å². The first-order valence-electron chi connectivity index (χ1n) is 12.8. The van der Waals surface area contributed by atoms with E-state index in [1.165, 1.54) is 42.5 Å². The molecule has 0 radical (unpaired) electrons. The molecule has 3 N–H and O–H groups in total. The van der Waals surface area contributed by atoms with Crippen LogP contribution >= 0.6 is 11.8 Å². The fourth-order valence-electron chi connectivity index (χ4n) is 4.27. The standard InChI is InChI=1S/C29H27F3N4O5S2/c1-42-13-12-26(28(38)39)35-27(37)24-11-10-22(15-25(24)19-6-3-2-4-7-19)36(17-21-16-33-18-34-21)43(40,41)23-9-5-8-20(14-23)29(30,31)32/h2-11,14-16,18,26H,12-13,17H2,1H3,(H,33,34)(H,35,37)(H,38,39)/t26-/m0/s1. The van der Waals surface area contributed by atoms with E-state index in [2.05, 4.69) is 15.3 Å². The Kier molecular flexibility index (Phi) is 9.81. The van der Waals surface area contributed by atoms with Crippen molar-refractivity contribution in [1.29, 1.82) is 0 Å².